The molecule has 2 aliphatic heterocycles. The number of esters is 1. The number of sulfonamides is 1. The first kappa shape index (κ1) is 23.0. The topological polar surface area (TPSA) is 114 Å². The Morgan fingerprint density at radius 3 is 2.35 bits per heavy atom. The molecule has 2 aliphatic rings. The van der Waals surface area contributed by atoms with Crippen LogP contribution in [-0.4, -0.2) is 86.4 Å². The van der Waals surface area contributed by atoms with Crippen LogP contribution >= 0.6 is 0 Å². The zero-order chi connectivity index (χ0) is 22.9. The number of nitrogens with zero attached hydrogens (tertiary/aromatic N) is 3. The van der Waals surface area contributed by atoms with E-state index in [1.54, 1.807) is 12.1 Å². The summed E-state index contributed by atoms with van der Waals surface area (Å²) in [6.07, 6.45) is -0.0210. The monoisotopic (exact) mass is 453 g/mol. The summed E-state index contributed by atoms with van der Waals surface area (Å²) in [4.78, 5) is 39.2. The van der Waals surface area contributed by atoms with Crippen LogP contribution in [0.3, 0.4) is 0 Å². The SMILES string of the molecule is COC(=O)[C@H]1C[C@H](N2C(=O)CN(C)C2=O)CN1S(=O)(=O)c1ccc(OCC(C)C)cc1. The summed E-state index contributed by atoms with van der Waals surface area (Å²) in [6.45, 7) is 4.24. The lowest BCUT2D eigenvalue weighted by molar-refractivity contribution is -0.144. The fourth-order valence-corrected chi connectivity index (χ4v) is 5.32. The third-order valence-electron chi connectivity index (χ3n) is 5.26. The molecule has 3 rings (SSSR count). The van der Waals surface area contributed by atoms with Gasteiger partial charge in [0, 0.05) is 13.6 Å². The molecule has 31 heavy (non-hydrogen) atoms. The largest absolute Gasteiger partial charge is 0.493 e. The first-order chi connectivity index (χ1) is 14.6. The second-order valence-electron chi connectivity index (χ2n) is 8.08. The minimum absolute atomic E-state index is 0.0184. The molecule has 3 amide bonds. The van der Waals surface area contributed by atoms with Gasteiger partial charge in [-0.1, -0.05) is 13.8 Å². The number of likely N-dealkylation sites (N-methyl/N-ethyl adjacent to an activating group) is 1. The van der Waals surface area contributed by atoms with Crippen LogP contribution in [0.25, 0.3) is 0 Å². The number of methoxy groups -OCH3 is 1. The molecule has 0 saturated carbocycles. The van der Waals surface area contributed by atoms with Gasteiger partial charge in [-0.05, 0) is 36.6 Å². The van der Waals surface area contributed by atoms with Crippen molar-refractivity contribution in [2.75, 3.05) is 33.9 Å². The zero-order valence-electron chi connectivity index (χ0n) is 18.0. The number of ether oxygens (including phenoxy) is 2. The van der Waals surface area contributed by atoms with Crippen molar-refractivity contribution in [3.8, 4) is 5.75 Å². The molecule has 0 N–H and O–H groups in total. The Morgan fingerprint density at radius 2 is 1.84 bits per heavy atom. The Bertz CT molecular complexity index is 961. The zero-order valence-corrected chi connectivity index (χ0v) is 18.8. The van der Waals surface area contributed by atoms with Crippen molar-refractivity contribution in [3.05, 3.63) is 24.3 Å². The normalized spacial score (nSPS) is 22.5. The maximum Gasteiger partial charge on any atom is 0.327 e. The highest BCUT2D eigenvalue weighted by Gasteiger charge is 2.50. The number of hydrogen-bond acceptors (Lipinski definition) is 7. The van der Waals surface area contributed by atoms with Gasteiger partial charge in [-0.2, -0.15) is 4.31 Å². The standard InChI is InChI=1S/C20H27N3O7S/c1-13(2)12-30-15-5-7-16(8-6-15)31(27,28)22-10-14(9-17(22)19(25)29-4)23-18(24)11-21(3)20(23)26/h5-8,13-14,17H,9-12H2,1-4H3/t14-,17+/m0/s1. The summed E-state index contributed by atoms with van der Waals surface area (Å²) in [5.74, 6) is -0.309. The molecule has 10 nitrogen and oxygen atoms in total. The molecule has 0 aromatic heterocycles. The van der Waals surface area contributed by atoms with E-state index in [0.29, 0.717) is 18.3 Å². The van der Waals surface area contributed by atoms with Crippen LogP contribution in [0.4, 0.5) is 4.79 Å². The second-order valence-corrected chi connectivity index (χ2v) is 9.97. The summed E-state index contributed by atoms with van der Waals surface area (Å²) in [6, 6.07) is 3.53. The molecule has 2 heterocycles. The minimum Gasteiger partial charge on any atom is -0.493 e. The molecular weight excluding hydrogens is 426 g/mol. The number of carbonyl (C=O) groups excluding carboxylic acids is 3. The molecule has 1 aromatic rings. The molecule has 0 unspecified atom stereocenters. The number of carbonyl (C=O) groups is 3. The average molecular weight is 454 g/mol. The molecular formula is C20H27N3O7S. The molecule has 0 aliphatic carbocycles. The number of urea groups is 1. The number of rotatable bonds is 7. The summed E-state index contributed by atoms with van der Waals surface area (Å²) in [5.41, 5.74) is 0. The van der Waals surface area contributed by atoms with E-state index in [-0.39, 0.29) is 24.4 Å². The minimum atomic E-state index is -4.09. The van der Waals surface area contributed by atoms with Gasteiger partial charge in [-0.25, -0.2) is 13.2 Å². The van der Waals surface area contributed by atoms with Crippen LogP contribution in [0.15, 0.2) is 29.2 Å². The van der Waals surface area contributed by atoms with Gasteiger partial charge in [0.05, 0.1) is 24.7 Å². The van der Waals surface area contributed by atoms with Crippen LogP contribution in [0.1, 0.15) is 20.3 Å². The van der Waals surface area contributed by atoms with Crippen LogP contribution in [-0.2, 0) is 24.3 Å². The summed E-state index contributed by atoms with van der Waals surface area (Å²) < 4.78 is 38.0. The number of benzene rings is 1. The third-order valence-corrected chi connectivity index (χ3v) is 7.15. The molecule has 0 spiro atoms. The van der Waals surface area contributed by atoms with E-state index in [1.165, 1.54) is 31.2 Å². The van der Waals surface area contributed by atoms with Crippen LogP contribution < -0.4 is 4.74 Å². The maximum atomic E-state index is 13.3. The van der Waals surface area contributed by atoms with Gasteiger partial charge in [0.1, 0.15) is 18.3 Å². The molecule has 11 heteroatoms. The number of imide groups is 1. The van der Waals surface area contributed by atoms with Gasteiger partial charge in [-0.15, -0.1) is 0 Å². The number of hydrogen-bond donors (Lipinski definition) is 0. The summed E-state index contributed by atoms with van der Waals surface area (Å²) >= 11 is 0. The van der Waals surface area contributed by atoms with Gasteiger partial charge >= 0.3 is 12.0 Å². The van der Waals surface area contributed by atoms with Gasteiger partial charge < -0.3 is 14.4 Å². The smallest absolute Gasteiger partial charge is 0.327 e. The van der Waals surface area contributed by atoms with Crippen molar-refractivity contribution in [2.24, 2.45) is 5.92 Å². The van der Waals surface area contributed by atoms with Crippen molar-refractivity contribution in [2.45, 2.75) is 37.2 Å². The van der Waals surface area contributed by atoms with E-state index in [9.17, 15) is 22.8 Å². The second kappa shape index (κ2) is 8.83. The Balaban J connectivity index is 1.86. The molecule has 0 radical (unpaired) electrons. The first-order valence-electron chi connectivity index (χ1n) is 9.96. The van der Waals surface area contributed by atoms with E-state index >= 15 is 0 Å². The highest BCUT2D eigenvalue weighted by atomic mass is 32.2. The van der Waals surface area contributed by atoms with Crippen molar-refractivity contribution in [3.63, 3.8) is 0 Å². The lowest BCUT2D eigenvalue weighted by Gasteiger charge is -2.23. The Morgan fingerprint density at radius 1 is 1.19 bits per heavy atom. The Labute approximate surface area is 181 Å². The van der Waals surface area contributed by atoms with E-state index in [0.717, 1.165) is 9.21 Å². The van der Waals surface area contributed by atoms with Gasteiger partial charge in [0.25, 0.3) is 5.91 Å². The third kappa shape index (κ3) is 4.52. The molecule has 2 atom stereocenters. The predicted molar refractivity (Wildman–Crippen MR) is 110 cm³/mol. The Kier molecular flexibility index (Phi) is 6.56. The average Bonchev–Trinajstić information content (AvgIpc) is 3.27. The van der Waals surface area contributed by atoms with Crippen LogP contribution in [0.2, 0.25) is 0 Å². The summed E-state index contributed by atoms with van der Waals surface area (Å²) in [7, 11) is -1.43. The summed E-state index contributed by atoms with van der Waals surface area (Å²) in [5, 5.41) is 0. The van der Waals surface area contributed by atoms with Crippen molar-refractivity contribution in [1.82, 2.24) is 14.1 Å². The predicted octanol–water partition coefficient (Wildman–Crippen LogP) is 0.920. The van der Waals surface area contributed by atoms with E-state index in [2.05, 4.69) is 0 Å². The molecule has 170 valence electrons. The highest BCUT2D eigenvalue weighted by molar-refractivity contribution is 7.89. The molecule has 2 fully saturated rings. The van der Waals surface area contributed by atoms with Crippen LogP contribution in [0, 0.1) is 5.92 Å². The lowest BCUT2D eigenvalue weighted by atomic mass is 10.1. The van der Waals surface area contributed by atoms with Crippen molar-refractivity contribution in [1.29, 1.82) is 0 Å². The van der Waals surface area contributed by atoms with Gasteiger partial charge in [0.2, 0.25) is 10.0 Å². The maximum absolute atomic E-state index is 13.3. The van der Waals surface area contributed by atoms with Crippen LogP contribution in [0.5, 0.6) is 5.75 Å². The lowest BCUT2D eigenvalue weighted by Crippen LogP contribution is -2.43. The molecule has 1 aromatic carbocycles. The Hall–Kier alpha value is -2.66. The number of amides is 3. The van der Waals surface area contributed by atoms with E-state index in [4.69, 9.17) is 9.47 Å². The van der Waals surface area contributed by atoms with E-state index in [1.807, 2.05) is 13.8 Å². The molecule has 2 saturated heterocycles. The fraction of sp³-hybridized carbons (Fsp3) is 0.550. The van der Waals surface area contributed by atoms with Gasteiger partial charge in [0.15, 0.2) is 0 Å². The van der Waals surface area contributed by atoms with Gasteiger partial charge in [-0.3, -0.25) is 14.5 Å². The highest BCUT2D eigenvalue weighted by Crippen LogP contribution is 2.32. The first-order valence-corrected chi connectivity index (χ1v) is 11.4. The fourth-order valence-electron chi connectivity index (χ4n) is 3.69. The molecule has 0 bridgehead atoms. The van der Waals surface area contributed by atoms with E-state index < -0.39 is 40.0 Å². The quantitative estimate of drug-likeness (QED) is 0.446. The van der Waals surface area contributed by atoms with Crippen molar-refractivity contribution < 1.29 is 32.3 Å². The van der Waals surface area contributed by atoms with Crippen molar-refractivity contribution >= 4 is 27.9 Å².